The predicted molar refractivity (Wildman–Crippen MR) is 37.8 cm³/mol. The number of carboxylic acids is 2. The van der Waals surface area contributed by atoms with E-state index in [4.69, 9.17) is 5.11 Å². The molecule has 0 saturated carbocycles. The van der Waals surface area contributed by atoms with Crippen molar-refractivity contribution in [2.45, 2.75) is 33.1 Å². The number of carbonyl (C=O) groups excluding carboxylic acids is 1. The quantitative estimate of drug-likeness (QED) is 0.732. The molecule has 0 aliphatic carbocycles. The van der Waals surface area contributed by atoms with Gasteiger partial charge in [-0.25, -0.2) is 0 Å². The monoisotopic (exact) mass is 268 g/mol. The van der Waals surface area contributed by atoms with Crippen LogP contribution in [0.3, 0.4) is 0 Å². The zero-order chi connectivity index (χ0) is 9.28. The minimum Gasteiger partial charge on any atom is -0.550 e. The summed E-state index contributed by atoms with van der Waals surface area (Å²) in [6, 6.07) is 0. The average Bonchev–Trinajstić information content (AvgIpc) is 1.89. The third-order valence-electron chi connectivity index (χ3n) is 0.757. The van der Waals surface area contributed by atoms with Crippen molar-refractivity contribution in [1.82, 2.24) is 0 Å². The molecule has 0 rings (SSSR count). The van der Waals surface area contributed by atoms with Gasteiger partial charge in [-0.05, 0) is 6.42 Å². The number of rotatable bonds is 3. The van der Waals surface area contributed by atoms with Gasteiger partial charge in [0.15, 0.2) is 0 Å². The fourth-order valence-electron chi connectivity index (χ4n) is 0.204. The van der Waals surface area contributed by atoms with Gasteiger partial charge >= 0.3 is 28.3 Å². The molecule has 0 unspecified atom stereocenters. The van der Waals surface area contributed by atoms with Crippen LogP contribution < -0.4 is 5.11 Å². The van der Waals surface area contributed by atoms with Crippen molar-refractivity contribution in [2.75, 3.05) is 0 Å². The van der Waals surface area contributed by atoms with Gasteiger partial charge in [-0.1, -0.05) is 20.3 Å². The summed E-state index contributed by atoms with van der Waals surface area (Å²) in [5.41, 5.74) is 0. The number of hydrogen-bond acceptors (Lipinski definition) is 3. The van der Waals surface area contributed by atoms with Crippen LogP contribution in [-0.4, -0.2) is 17.0 Å². The van der Waals surface area contributed by atoms with Crippen LogP contribution in [0.25, 0.3) is 0 Å². The number of aliphatic carboxylic acids is 2. The van der Waals surface area contributed by atoms with Crippen molar-refractivity contribution < 1.29 is 42.2 Å². The Hall–Kier alpha value is -0.320. The van der Waals surface area contributed by atoms with Gasteiger partial charge in [-0.2, -0.15) is 0 Å². The van der Waals surface area contributed by atoms with Crippen LogP contribution in [0.15, 0.2) is 0 Å². The van der Waals surface area contributed by atoms with Crippen LogP contribution in [0.2, 0.25) is 0 Å². The second-order valence-corrected chi connectivity index (χ2v) is 1.87. The average molecular weight is 269 g/mol. The van der Waals surface area contributed by atoms with Crippen LogP contribution in [0.4, 0.5) is 0 Å². The van der Waals surface area contributed by atoms with E-state index in [0.717, 1.165) is 0 Å². The van der Waals surface area contributed by atoms with Crippen LogP contribution in [0.5, 0.6) is 0 Å². The van der Waals surface area contributed by atoms with E-state index in [2.05, 4.69) is 0 Å². The maximum Gasteiger partial charge on any atom is 1.00 e. The van der Waals surface area contributed by atoms with Gasteiger partial charge in [0.1, 0.15) is 0 Å². The smallest absolute Gasteiger partial charge is 0.550 e. The summed E-state index contributed by atoms with van der Waals surface area (Å²) in [7, 11) is 0. The van der Waals surface area contributed by atoms with Crippen molar-refractivity contribution in [3.8, 4) is 0 Å². The number of carbonyl (C=O) groups is 2. The summed E-state index contributed by atoms with van der Waals surface area (Å²) < 4.78 is 0. The van der Waals surface area contributed by atoms with Crippen LogP contribution in [-0.2, 0) is 32.0 Å². The first kappa shape index (κ1) is 17.7. The van der Waals surface area contributed by atoms with Crippen molar-refractivity contribution in [2.24, 2.45) is 0 Å². The van der Waals surface area contributed by atoms with E-state index in [9.17, 15) is 14.7 Å². The summed E-state index contributed by atoms with van der Waals surface area (Å²) >= 11 is 0. The molecule has 0 aliphatic heterocycles. The first-order valence-electron chi connectivity index (χ1n) is 3.46. The van der Waals surface area contributed by atoms with Gasteiger partial charge in [-0.3, -0.25) is 4.79 Å². The molecule has 0 aliphatic rings. The van der Waals surface area contributed by atoms with E-state index < -0.39 is 11.9 Å². The Kier molecular flexibility index (Phi) is 19.6. The Morgan fingerprint density at radius 1 is 1.33 bits per heavy atom. The van der Waals surface area contributed by atoms with E-state index in [1.807, 2.05) is 0 Å². The Bertz CT molecular complexity index is 125. The van der Waals surface area contributed by atoms with Crippen molar-refractivity contribution in [1.29, 1.82) is 0 Å². The molecule has 4 nitrogen and oxygen atoms in total. The van der Waals surface area contributed by atoms with Gasteiger partial charge in [0.05, 0.1) is 0 Å². The van der Waals surface area contributed by atoms with Gasteiger partial charge in [0, 0.05) is 12.4 Å². The molecule has 0 amide bonds. The van der Waals surface area contributed by atoms with Gasteiger partial charge in [-0.15, -0.1) is 0 Å². The topological polar surface area (TPSA) is 77.4 Å². The maximum absolute atomic E-state index is 9.49. The molecular weight excluding hydrogens is 256 g/mol. The van der Waals surface area contributed by atoms with Crippen molar-refractivity contribution in [3.63, 3.8) is 0 Å². The fourth-order valence-corrected chi connectivity index (χ4v) is 0.204. The van der Waals surface area contributed by atoms with Crippen LogP contribution in [0, 0.1) is 0 Å². The third-order valence-corrected chi connectivity index (χ3v) is 0.757. The first-order chi connectivity index (χ1) is 5.04. The molecule has 76 valence electrons. The van der Waals surface area contributed by atoms with E-state index in [1.54, 1.807) is 13.8 Å². The van der Waals surface area contributed by atoms with Crippen LogP contribution in [0.1, 0.15) is 33.1 Å². The van der Waals surface area contributed by atoms with E-state index >= 15 is 0 Å². The molecule has 5 heteroatoms. The summed E-state index contributed by atoms with van der Waals surface area (Å²) in [4.78, 5) is 18.9. The van der Waals surface area contributed by atoms with Gasteiger partial charge < -0.3 is 15.0 Å². The summed E-state index contributed by atoms with van der Waals surface area (Å²) in [5.74, 6) is -1.71. The van der Waals surface area contributed by atoms with Crippen LogP contribution >= 0.6 is 0 Å². The molecular formula is C7H13AgO4. The zero-order valence-electron chi connectivity index (χ0n) is 7.09. The predicted octanol–water partition coefficient (Wildman–Crippen LogP) is 0.0149. The molecule has 0 heterocycles. The molecule has 0 aromatic heterocycles. The Labute approximate surface area is 87.5 Å². The van der Waals surface area contributed by atoms with Gasteiger partial charge in [0.2, 0.25) is 0 Å². The van der Waals surface area contributed by atoms with Crippen molar-refractivity contribution in [3.05, 3.63) is 0 Å². The summed E-state index contributed by atoms with van der Waals surface area (Å²) in [5, 5.41) is 17.2. The molecule has 1 N–H and O–H groups in total. The largest absolute Gasteiger partial charge is 1.00 e. The summed E-state index contributed by atoms with van der Waals surface area (Å²) in [6.07, 6.45) is 1.07. The Morgan fingerprint density at radius 2 is 1.67 bits per heavy atom. The molecule has 0 atom stereocenters. The molecule has 0 fully saturated rings. The second-order valence-electron chi connectivity index (χ2n) is 1.87. The molecule has 0 aromatic rings. The molecule has 0 aromatic carbocycles. The standard InChI is InChI=1S/C4H8O2.C3H6O2.Ag/c1-2-3-4(5)6;1-2-3(4)5;/h2-3H2,1H3,(H,5,6);2H2,1H3,(H,4,5);/q;;+1/p-1. The number of hydrogen-bond donors (Lipinski definition) is 1. The minimum absolute atomic E-state index is 0. The Morgan fingerprint density at radius 3 is 1.67 bits per heavy atom. The SMILES string of the molecule is CCC(=O)O.CCCC(=O)[O-].[Ag+]. The molecule has 0 radical (unpaired) electrons. The van der Waals surface area contributed by atoms with Crippen molar-refractivity contribution >= 4 is 11.9 Å². The van der Waals surface area contributed by atoms with E-state index in [-0.39, 0.29) is 35.2 Å². The Balaban J connectivity index is -0.000000126. The summed E-state index contributed by atoms with van der Waals surface area (Å²) in [6.45, 7) is 3.40. The maximum atomic E-state index is 9.49. The molecule has 0 bridgehead atoms. The van der Waals surface area contributed by atoms with Gasteiger partial charge in [0.25, 0.3) is 0 Å². The van der Waals surface area contributed by atoms with E-state index in [1.165, 1.54) is 0 Å². The minimum atomic E-state index is -0.961. The van der Waals surface area contributed by atoms with E-state index in [0.29, 0.717) is 6.42 Å². The molecule has 0 spiro atoms. The fraction of sp³-hybridized carbons (Fsp3) is 0.714. The third kappa shape index (κ3) is 33.3. The second kappa shape index (κ2) is 13.3. The number of carboxylic acid groups (broad SMARTS) is 2. The molecule has 12 heavy (non-hydrogen) atoms. The normalized spacial score (nSPS) is 7.17. The molecule has 0 saturated heterocycles. The zero-order valence-corrected chi connectivity index (χ0v) is 8.58. The first-order valence-corrected chi connectivity index (χ1v) is 3.46.